The Labute approximate surface area is 226 Å². The van der Waals surface area contributed by atoms with Crippen molar-refractivity contribution in [3.8, 4) is 0 Å². The molecule has 0 aromatic heterocycles. The van der Waals surface area contributed by atoms with Crippen LogP contribution in [0.25, 0.3) is 0 Å². The molecule has 0 heterocycles. The number of carboxylic acid groups (broad SMARTS) is 1. The van der Waals surface area contributed by atoms with E-state index in [1.165, 1.54) is 0 Å². The number of hydrogen-bond acceptors (Lipinski definition) is 6. The molecular formula is C14H9F16NaO7S. The van der Waals surface area contributed by atoms with Gasteiger partial charge in [0.05, 0.1) is 0 Å². The molecule has 226 valence electrons. The smallest absolute Gasteiger partial charge is 0.550 e. The summed E-state index contributed by atoms with van der Waals surface area (Å²) in [5, 5.41) is 10.7. The molecule has 0 aromatic carbocycles. The van der Waals surface area contributed by atoms with E-state index in [1.807, 2.05) is 0 Å². The fourth-order valence-electron chi connectivity index (χ4n) is 2.37. The Hall–Kier alpha value is -1.27. The van der Waals surface area contributed by atoms with Gasteiger partial charge >= 0.3 is 65.6 Å². The standard InChI is InChI=1S/C14H10F16O7S.Na/c15-3(5(17)18)11(23,24)13(27,28)7(21)10(1-2(31)32,38(34,35)36)9(33)37-8(22)14(29,30)12(25,26)4(16)6(19)20;/h3-8H,1H2,(H,31,32)(H,34,35,36);/q;+1/p-1. The first-order valence-corrected chi connectivity index (χ1v) is 10.0. The first kappa shape index (κ1) is 39.9. The maximum atomic E-state index is 14.6. The van der Waals surface area contributed by atoms with Crippen molar-refractivity contribution in [2.45, 2.75) is 72.6 Å². The molecule has 0 aliphatic heterocycles. The summed E-state index contributed by atoms with van der Waals surface area (Å²) in [7, 11) is -7.55. The van der Waals surface area contributed by atoms with Crippen molar-refractivity contribution in [2.24, 2.45) is 0 Å². The molecule has 5 unspecified atom stereocenters. The number of halogens is 16. The maximum Gasteiger partial charge on any atom is 1.00 e. The molecule has 0 saturated heterocycles. The summed E-state index contributed by atoms with van der Waals surface area (Å²) in [6.07, 6.45) is -36.4. The summed E-state index contributed by atoms with van der Waals surface area (Å²) in [6.45, 7) is 0. The predicted octanol–water partition coefficient (Wildman–Crippen LogP) is -0.318. The Morgan fingerprint density at radius 2 is 1.05 bits per heavy atom. The van der Waals surface area contributed by atoms with E-state index in [9.17, 15) is 93.4 Å². The minimum absolute atomic E-state index is 0. The molecule has 0 aliphatic rings. The van der Waals surface area contributed by atoms with Crippen molar-refractivity contribution in [1.82, 2.24) is 0 Å². The van der Waals surface area contributed by atoms with E-state index in [0.717, 1.165) is 0 Å². The molecule has 1 N–H and O–H groups in total. The van der Waals surface area contributed by atoms with Crippen LogP contribution in [0, 0.1) is 0 Å². The van der Waals surface area contributed by atoms with Gasteiger partial charge in [-0.3, -0.25) is 9.35 Å². The average molecular weight is 648 g/mol. The van der Waals surface area contributed by atoms with Crippen LogP contribution < -0.4 is 34.7 Å². The van der Waals surface area contributed by atoms with Crippen LogP contribution in [0.1, 0.15) is 6.42 Å². The molecule has 0 saturated carbocycles. The SMILES string of the molecule is O=C([O-])CC(C(=O)OC(F)C(F)(F)C(F)(F)C(F)C(F)F)(C(F)C(F)(F)C(F)(F)C(F)C(F)F)S(=O)(=O)O.[Na+]. The van der Waals surface area contributed by atoms with Crippen LogP contribution in [0.5, 0.6) is 0 Å². The van der Waals surface area contributed by atoms with Crippen LogP contribution in [0.2, 0.25) is 0 Å². The van der Waals surface area contributed by atoms with E-state index in [2.05, 4.69) is 4.74 Å². The average Bonchev–Trinajstić information content (AvgIpc) is 2.73. The summed E-state index contributed by atoms with van der Waals surface area (Å²) in [5.74, 6) is -36.3. The van der Waals surface area contributed by atoms with Crippen molar-refractivity contribution in [3.05, 3.63) is 0 Å². The Kier molecular flexibility index (Phi) is 13.0. The van der Waals surface area contributed by atoms with Crippen LogP contribution in [-0.4, -0.2) is 91.1 Å². The maximum absolute atomic E-state index is 14.6. The summed E-state index contributed by atoms with van der Waals surface area (Å²) in [5.41, 5.74) is 0. The van der Waals surface area contributed by atoms with Gasteiger partial charge < -0.3 is 14.6 Å². The largest absolute Gasteiger partial charge is 1.00 e. The molecule has 0 spiro atoms. The number of carbonyl (C=O) groups excluding carboxylic acids is 2. The van der Waals surface area contributed by atoms with Crippen molar-refractivity contribution < 1.29 is 132 Å². The topological polar surface area (TPSA) is 121 Å². The molecule has 0 aromatic rings. The third-order valence-electron chi connectivity index (χ3n) is 4.46. The normalized spacial score (nSPS) is 18.5. The Morgan fingerprint density at radius 1 is 0.718 bits per heavy atom. The fourth-order valence-corrected chi connectivity index (χ4v) is 3.34. The number of carbonyl (C=O) groups is 2. The van der Waals surface area contributed by atoms with Crippen LogP contribution >= 0.6 is 0 Å². The summed E-state index contributed by atoms with van der Waals surface area (Å²) in [4.78, 5) is 22.6. The molecule has 39 heavy (non-hydrogen) atoms. The zero-order valence-electron chi connectivity index (χ0n) is 18.0. The molecular weight excluding hydrogens is 639 g/mol. The number of alkyl halides is 16. The zero-order valence-corrected chi connectivity index (χ0v) is 20.8. The number of ether oxygens (including phenoxy) is 1. The second-order valence-electron chi connectivity index (χ2n) is 6.96. The third-order valence-corrected chi connectivity index (χ3v) is 5.90. The molecule has 0 amide bonds. The van der Waals surface area contributed by atoms with E-state index < -0.39 is 94.6 Å². The number of carboxylic acids is 1. The predicted molar refractivity (Wildman–Crippen MR) is 81.4 cm³/mol. The number of hydrogen-bond donors (Lipinski definition) is 1. The Bertz CT molecular complexity index is 980. The molecule has 0 rings (SSSR count). The van der Waals surface area contributed by atoms with Gasteiger partial charge in [-0.15, -0.1) is 0 Å². The van der Waals surface area contributed by atoms with Gasteiger partial charge in [-0.1, -0.05) is 0 Å². The van der Waals surface area contributed by atoms with Crippen molar-refractivity contribution >= 4 is 22.1 Å². The van der Waals surface area contributed by atoms with E-state index in [0.29, 0.717) is 0 Å². The Morgan fingerprint density at radius 3 is 1.33 bits per heavy atom. The first-order valence-electron chi connectivity index (χ1n) is 8.60. The summed E-state index contributed by atoms with van der Waals surface area (Å²) >= 11 is 0. The molecule has 0 radical (unpaired) electrons. The number of rotatable bonds is 14. The van der Waals surface area contributed by atoms with Crippen LogP contribution in [0.15, 0.2) is 0 Å². The van der Waals surface area contributed by atoms with Gasteiger partial charge in [-0.05, 0) is 0 Å². The summed E-state index contributed by atoms with van der Waals surface area (Å²) in [6, 6.07) is 0. The van der Waals surface area contributed by atoms with Gasteiger partial charge in [0, 0.05) is 12.4 Å². The molecule has 0 aliphatic carbocycles. The van der Waals surface area contributed by atoms with Crippen molar-refractivity contribution in [3.63, 3.8) is 0 Å². The van der Waals surface area contributed by atoms with Gasteiger partial charge in [0.25, 0.3) is 23.0 Å². The second kappa shape index (κ2) is 12.7. The second-order valence-corrected chi connectivity index (χ2v) is 8.64. The van der Waals surface area contributed by atoms with Crippen LogP contribution in [-0.2, 0) is 24.4 Å². The van der Waals surface area contributed by atoms with Gasteiger partial charge in [0.1, 0.15) is 0 Å². The van der Waals surface area contributed by atoms with E-state index in [1.54, 1.807) is 0 Å². The van der Waals surface area contributed by atoms with Crippen molar-refractivity contribution in [1.29, 1.82) is 0 Å². The third kappa shape index (κ3) is 7.15. The van der Waals surface area contributed by atoms with E-state index >= 15 is 0 Å². The van der Waals surface area contributed by atoms with Crippen molar-refractivity contribution in [2.75, 3.05) is 0 Å². The van der Waals surface area contributed by atoms with E-state index in [-0.39, 0.29) is 29.6 Å². The molecule has 5 atom stereocenters. The minimum atomic E-state index is -7.55. The fraction of sp³-hybridized carbons (Fsp3) is 0.857. The van der Waals surface area contributed by atoms with Gasteiger partial charge in [0.2, 0.25) is 23.3 Å². The minimum Gasteiger partial charge on any atom is -0.550 e. The van der Waals surface area contributed by atoms with Gasteiger partial charge in [-0.2, -0.15) is 47.9 Å². The monoisotopic (exact) mass is 648 g/mol. The Balaban J connectivity index is 0. The van der Waals surface area contributed by atoms with Crippen LogP contribution in [0.3, 0.4) is 0 Å². The quantitative estimate of drug-likeness (QED) is 0.119. The van der Waals surface area contributed by atoms with Gasteiger partial charge in [0.15, 0.2) is 0 Å². The van der Waals surface area contributed by atoms with Crippen LogP contribution in [0.4, 0.5) is 70.2 Å². The number of esters is 1. The van der Waals surface area contributed by atoms with Gasteiger partial charge in [-0.25, -0.2) is 30.7 Å². The molecule has 7 nitrogen and oxygen atoms in total. The summed E-state index contributed by atoms with van der Waals surface area (Å²) < 4.78 is 239. The number of aliphatic carboxylic acids is 1. The van der Waals surface area contributed by atoms with E-state index in [4.69, 9.17) is 4.55 Å². The molecule has 0 fully saturated rings. The molecule has 25 heteroatoms. The first-order chi connectivity index (χ1) is 16.6. The molecule has 0 bridgehead atoms. The zero-order chi connectivity index (χ0) is 31.0.